The molecule has 2 aromatic carbocycles. The van der Waals surface area contributed by atoms with Gasteiger partial charge in [0.15, 0.2) is 0 Å². The van der Waals surface area contributed by atoms with Gasteiger partial charge in [-0.3, -0.25) is 19.7 Å². The zero-order chi connectivity index (χ0) is 22.8. The van der Waals surface area contributed by atoms with Crippen molar-refractivity contribution in [1.29, 1.82) is 0 Å². The Morgan fingerprint density at radius 3 is 2.56 bits per heavy atom. The zero-order valence-electron chi connectivity index (χ0n) is 17.6. The number of benzene rings is 2. The van der Waals surface area contributed by atoms with Crippen LogP contribution in [0, 0.1) is 16.0 Å². The minimum Gasteiger partial charge on any atom is -0.497 e. The molecular formula is C23H23N3O6. The number of amides is 2. The monoisotopic (exact) mass is 437 g/mol. The van der Waals surface area contributed by atoms with E-state index in [1.165, 1.54) is 31.4 Å². The van der Waals surface area contributed by atoms with Crippen LogP contribution in [0.3, 0.4) is 0 Å². The van der Waals surface area contributed by atoms with Gasteiger partial charge in [-0.15, -0.1) is 0 Å². The minimum atomic E-state index is -0.514. The number of hydrogen-bond donors (Lipinski definition) is 1. The van der Waals surface area contributed by atoms with Gasteiger partial charge in [-0.1, -0.05) is 6.07 Å². The van der Waals surface area contributed by atoms with Gasteiger partial charge in [0.1, 0.15) is 11.4 Å². The van der Waals surface area contributed by atoms with Crippen LogP contribution < -0.4 is 9.64 Å². The van der Waals surface area contributed by atoms with Crippen molar-refractivity contribution in [3.05, 3.63) is 69.9 Å². The fourth-order valence-electron chi connectivity index (χ4n) is 4.22. The molecule has 2 amide bonds. The van der Waals surface area contributed by atoms with Gasteiger partial charge in [-0.2, -0.15) is 0 Å². The molecule has 0 bridgehead atoms. The number of piperidine rings is 1. The highest BCUT2D eigenvalue weighted by Gasteiger charge is 2.43. The molecule has 166 valence electrons. The number of aliphatic hydroxyl groups is 1. The molecule has 0 saturated carbocycles. The molecule has 1 fully saturated rings. The molecule has 0 aliphatic carbocycles. The zero-order valence-corrected chi connectivity index (χ0v) is 17.6. The Labute approximate surface area is 184 Å². The van der Waals surface area contributed by atoms with E-state index in [1.54, 1.807) is 24.3 Å². The third-order valence-corrected chi connectivity index (χ3v) is 5.83. The van der Waals surface area contributed by atoms with Gasteiger partial charge < -0.3 is 14.7 Å². The highest BCUT2D eigenvalue weighted by atomic mass is 16.6. The number of carbonyl (C=O) groups excluding carboxylic acids is 2. The Kier molecular flexibility index (Phi) is 5.91. The molecule has 0 radical (unpaired) electrons. The summed E-state index contributed by atoms with van der Waals surface area (Å²) < 4.78 is 5.24. The van der Waals surface area contributed by atoms with Gasteiger partial charge >= 0.3 is 0 Å². The lowest BCUT2D eigenvalue weighted by Crippen LogP contribution is -2.40. The van der Waals surface area contributed by atoms with Gasteiger partial charge in [0.25, 0.3) is 17.5 Å². The number of carbonyl (C=O) groups is 2. The first-order chi connectivity index (χ1) is 15.4. The van der Waals surface area contributed by atoms with E-state index >= 15 is 0 Å². The molecule has 1 saturated heterocycles. The predicted octanol–water partition coefficient (Wildman–Crippen LogP) is 2.59. The summed E-state index contributed by atoms with van der Waals surface area (Å²) in [6.07, 6.45) is 1.62. The van der Waals surface area contributed by atoms with Crippen molar-refractivity contribution in [1.82, 2.24) is 4.90 Å². The van der Waals surface area contributed by atoms with Crippen molar-refractivity contribution >= 4 is 28.8 Å². The van der Waals surface area contributed by atoms with Gasteiger partial charge in [-0.05, 0) is 48.6 Å². The lowest BCUT2D eigenvalue weighted by molar-refractivity contribution is -0.384. The molecule has 1 N–H and O–H groups in total. The number of ether oxygens (including phenoxy) is 1. The Bertz CT molecular complexity index is 1100. The summed E-state index contributed by atoms with van der Waals surface area (Å²) in [6.45, 7) is 1.03. The molecule has 1 atom stereocenters. The van der Waals surface area contributed by atoms with Crippen LogP contribution in [0.2, 0.25) is 0 Å². The van der Waals surface area contributed by atoms with E-state index in [4.69, 9.17) is 4.74 Å². The number of nitro benzene ring substituents is 1. The average molecular weight is 437 g/mol. The Balaban J connectivity index is 1.81. The fourth-order valence-corrected chi connectivity index (χ4v) is 4.22. The van der Waals surface area contributed by atoms with Gasteiger partial charge in [0.2, 0.25) is 0 Å². The number of nitro groups is 1. The lowest BCUT2D eigenvalue weighted by Gasteiger charge is -2.34. The Morgan fingerprint density at radius 2 is 1.91 bits per heavy atom. The molecule has 9 heteroatoms. The number of non-ortho nitro benzene ring substituents is 1. The Morgan fingerprint density at radius 1 is 1.16 bits per heavy atom. The predicted molar refractivity (Wildman–Crippen MR) is 117 cm³/mol. The normalized spacial score (nSPS) is 19.0. The molecule has 4 rings (SSSR count). The molecule has 0 aromatic heterocycles. The van der Waals surface area contributed by atoms with Crippen LogP contribution in [0.5, 0.6) is 5.75 Å². The highest BCUT2D eigenvalue weighted by molar-refractivity contribution is 6.45. The maximum atomic E-state index is 13.6. The number of likely N-dealkylation sites (tertiary alicyclic amines) is 1. The van der Waals surface area contributed by atoms with Gasteiger partial charge in [-0.25, -0.2) is 4.90 Å². The molecule has 2 aliphatic rings. The number of aliphatic hydroxyl groups excluding tert-OH is 1. The first-order valence-electron chi connectivity index (χ1n) is 10.3. The summed E-state index contributed by atoms with van der Waals surface area (Å²) >= 11 is 0. The first kappa shape index (κ1) is 21.5. The fraction of sp³-hybridized carbons (Fsp3) is 0.304. The van der Waals surface area contributed by atoms with Gasteiger partial charge in [0, 0.05) is 37.9 Å². The number of hydrogen-bond acceptors (Lipinski definition) is 7. The second kappa shape index (κ2) is 8.80. The van der Waals surface area contributed by atoms with Crippen LogP contribution in [0.15, 0.2) is 54.2 Å². The summed E-state index contributed by atoms with van der Waals surface area (Å²) in [6, 6.07) is 12.3. The largest absolute Gasteiger partial charge is 0.497 e. The van der Waals surface area contributed by atoms with Crippen molar-refractivity contribution < 1.29 is 24.4 Å². The molecule has 2 heterocycles. The van der Waals surface area contributed by atoms with E-state index < -0.39 is 16.7 Å². The van der Waals surface area contributed by atoms with Crippen molar-refractivity contribution in [3.8, 4) is 5.75 Å². The quantitative estimate of drug-likeness (QED) is 0.420. The SMILES string of the molecule is COc1cccc(N2C(=O)C(c3ccc([N+](=O)[O-])cc3)=C(N3CCCC(CO)C3)C2=O)c1. The van der Waals surface area contributed by atoms with Crippen LogP contribution in [0.4, 0.5) is 11.4 Å². The number of imide groups is 1. The van der Waals surface area contributed by atoms with E-state index in [1.807, 2.05) is 4.90 Å². The Hall–Kier alpha value is -3.72. The maximum absolute atomic E-state index is 13.6. The molecule has 32 heavy (non-hydrogen) atoms. The van der Waals surface area contributed by atoms with Crippen LogP contribution in [-0.4, -0.2) is 53.6 Å². The van der Waals surface area contributed by atoms with E-state index in [9.17, 15) is 24.8 Å². The van der Waals surface area contributed by atoms with E-state index in [-0.39, 0.29) is 29.5 Å². The standard InChI is InChI=1S/C23H23N3O6/c1-32-19-6-2-5-18(12-19)25-22(28)20(16-7-9-17(10-8-16)26(30)31)21(23(25)29)24-11-3-4-15(13-24)14-27/h2,5-10,12,15,27H,3-4,11,13-14H2,1H3. The van der Waals surface area contributed by atoms with E-state index in [0.717, 1.165) is 17.7 Å². The maximum Gasteiger partial charge on any atom is 0.282 e. The second-order valence-electron chi connectivity index (χ2n) is 7.81. The van der Waals surface area contributed by atoms with E-state index in [2.05, 4.69) is 0 Å². The summed E-state index contributed by atoms with van der Waals surface area (Å²) in [4.78, 5) is 40.6. The van der Waals surface area contributed by atoms with E-state index in [0.29, 0.717) is 30.1 Å². The summed E-state index contributed by atoms with van der Waals surface area (Å²) in [5.74, 6) is -0.455. The highest BCUT2D eigenvalue weighted by Crippen LogP contribution is 2.37. The number of nitrogens with zero attached hydrogens (tertiary/aromatic N) is 3. The third-order valence-electron chi connectivity index (χ3n) is 5.83. The number of methoxy groups -OCH3 is 1. The van der Waals surface area contributed by atoms with Gasteiger partial charge in [0.05, 0.1) is 23.3 Å². The van der Waals surface area contributed by atoms with Crippen molar-refractivity contribution in [3.63, 3.8) is 0 Å². The van der Waals surface area contributed by atoms with Crippen molar-refractivity contribution in [2.75, 3.05) is 31.7 Å². The average Bonchev–Trinajstić information content (AvgIpc) is 3.09. The van der Waals surface area contributed by atoms with Crippen LogP contribution >= 0.6 is 0 Å². The molecule has 0 spiro atoms. The molecular weight excluding hydrogens is 414 g/mol. The molecule has 1 unspecified atom stereocenters. The summed E-state index contributed by atoms with van der Waals surface area (Å²) in [7, 11) is 1.50. The molecule has 9 nitrogen and oxygen atoms in total. The number of anilines is 1. The lowest BCUT2D eigenvalue weighted by atomic mass is 9.97. The summed E-state index contributed by atoms with van der Waals surface area (Å²) in [5, 5.41) is 20.7. The van der Waals surface area contributed by atoms with Crippen LogP contribution in [0.25, 0.3) is 5.57 Å². The van der Waals surface area contributed by atoms with Crippen molar-refractivity contribution in [2.24, 2.45) is 5.92 Å². The second-order valence-corrected chi connectivity index (χ2v) is 7.81. The van der Waals surface area contributed by atoms with Crippen LogP contribution in [-0.2, 0) is 9.59 Å². The van der Waals surface area contributed by atoms with Crippen molar-refractivity contribution in [2.45, 2.75) is 12.8 Å². The first-order valence-corrected chi connectivity index (χ1v) is 10.3. The third kappa shape index (κ3) is 3.82. The molecule has 2 aromatic rings. The minimum absolute atomic E-state index is 0.00161. The molecule has 2 aliphatic heterocycles. The number of rotatable bonds is 6. The smallest absolute Gasteiger partial charge is 0.282 e. The topological polar surface area (TPSA) is 113 Å². The van der Waals surface area contributed by atoms with Crippen LogP contribution in [0.1, 0.15) is 18.4 Å². The summed E-state index contributed by atoms with van der Waals surface area (Å²) in [5.41, 5.74) is 1.16.